The van der Waals surface area contributed by atoms with E-state index in [-0.39, 0.29) is 18.5 Å². The molecule has 0 bridgehead atoms. The Kier molecular flexibility index (Phi) is 6.93. The molecule has 2 aromatic carbocycles. The highest BCUT2D eigenvalue weighted by atomic mass is 19.2. The zero-order valence-electron chi connectivity index (χ0n) is 15.9. The second-order valence-electron chi connectivity index (χ2n) is 7.08. The molecule has 0 amide bonds. The second-order valence-corrected chi connectivity index (χ2v) is 7.08. The summed E-state index contributed by atoms with van der Waals surface area (Å²) in [4.78, 5) is 4.29. The molecule has 1 fully saturated rings. The third kappa shape index (κ3) is 5.04. The summed E-state index contributed by atoms with van der Waals surface area (Å²) in [6, 6.07) is 8.65. The first-order chi connectivity index (χ1) is 13.5. The molecule has 1 N–H and O–H groups in total. The van der Waals surface area contributed by atoms with Crippen LogP contribution in [-0.4, -0.2) is 54.3 Å². The molecule has 1 atom stereocenters. The lowest BCUT2D eigenvalue weighted by Gasteiger charge is -2.41. The van der Waals surface area contributed by atoms with Crippen molar-refractivity contribution < 1.29 is 23.0 Å². The lowest BCUT2D eigenvalue weighted by atomic mass is 10.1. The van der Waals surface area contributed by atoms with Crippen molar-refractivity contribution in [3.05, 3.63) is 65.0 Å². The van der Waals surface area contributed by atoms with Crippen molar-refractivity contribution in [2.45, 2.75) is 25.6 Å². The molecular weight excluding hydrogens is 369 g/mol. The Morgan fingerprint density at radius 1 is 1.00 bits per heavy atom. The predicted molar refractivity (Wildman–Crippen MR) is 100 cm³/mol. The molecule has 3 rings (SSSR count). The second kappa shape index (κ2) is 9.41. The Morgan fingerprint density at radius 2 is 1.79 bits per heavy atom. The molecule has 0 unspecified atom stereocenters. The number of rotatable bonds is 7. The SMILES string of the molecule is COc1ccc(F)c(CN2CCN(Cc3ccc(F)c(F)c3)[C@H](CCO)C2)c1. The van der Waals surface area contributed by atoms with E-state index in [1.165, 1.54) is 12.1 Å². The molecular formula is C21H25F3N2O2. The maximum atomic E-state index is 14.1. The number of piperazine rings is 1. The third-order valence-corrected chi connectivity index (χ3v) is 5.17. The highest BCUT2D eigenvalue weighted by molar-refractivity contribution is 5.29. The average Bonchev–Trinajstić information content (AvgIpc) is 2.68. The van der Waals surface area contributed by atoms with Crippen LogP contribution in [-0.2, 0) is 13.1 Å². The molecule has 4 nitrogen and oxygen atoms in total. The highest BCUT2D eigenvalue weighted by Crippen LogP contribution is 2.22. The lowest BCUT2D eigenvalue weighted by molar-refractivity contribution is 0.0494. The van der Waals surface area contributed by atoms with Crippen molar-refractivity contribution in [1.82, 2.24) is 9.80 Å². The Hall–Kier alpha value is -2.09. The number of methoxy groups -OCH3 is 1. The van der Waals surface area contributed by atoms with Gasteiger partial charge in [0.1, 0.15) is 11.6 Å². The smallest absolute Gasteiger partial charge is 0.159 e. The van der Waals surface area contributed by atoms with Gasteiger partial charge in [-0.2, -0.15) is 0 Å². The van der Waals surface area contributed by atoms with E-state index < -0.39 is 11.6 Å². The van der Waals surface area contributed by atoms with Crippen LogP contribution in [0.3, 0.4) is 0 Å². The molecule has 0 spiro atoms. The molecule has 7 heteroatoms. The summed E-state index contributed by atoms with van der Waals surface area (Å²) in [7, 11) is 1.55. The van der Waals surface area contributed by atoms with Gasteiger partial charge >= 0.3 is 0 Å². The van der Waals surface area contributed by atoms with Crippen LogP contribution in [0.5, 0.6) is 5.75 Å². The van der Waals surface area contributed by atoms with E-state index in [9.17, 15) is 18.3 Å². The van der Waals surface area contributed by atoms with Gasteiger partial charge in [0.15, 0.2) is 11.6 Å². The lowest BCUT2D eigenvalue weighted by Crippen LogP contribution is -2.52. The number of hydrogen-bond acceptors (Lipinski definition) is 4. The molecule has 1 aliphatic rings. The van der Waals surface area contributed by atoms with E-state index in [0.717, 1.165) is 6.07 Å². The van der Waals surface area contributed by atoms with Crippen molar-refractivity contribution in [1.29, 1.82) is 0 Å². The quantitative estimate of drug-likeness (QED) is 0.783. The van der Waals surface area contributed by atoms with Crippen LogP contribution in [0.15, 0.2) is 36.4 Å². The van der Waals surface area contributed by atoms with E-state index in [1.54, 1.807) is 25.3 Å². The minimum atomic E-state index is -0.860. The molecule has 2 aromatic rings. The van der Waals surface area contributed by atoms with Gasteiger partial charge in [-0.25, -0.2) is 13.2 Å². The zero-order chi connectivity index (χ0) is 20.1. The number of halogens is 3. The number of nitrogens with zero attached hydrogens (tertiary/aromatic N) is 2. The van der Waals surface area contributed by atoms with Crippen LogP contribution in [0.4, 0.5) is 13.2 Å². The van der Waals surface area contributed by atoms with E-state index in [4.69, 9.17) is 4.74 Å². The van der Waals surface area contributed by atoms with Gasteiger partial charge in [0, 0.05) is 50.9 Å². The van der Waals surface area contributed by atoms with Crippen molar-refractivity contribution in [2.75, 3.05) is 33.4 Å². The highest BCUT2D eigenvalue weighted by Gasteiger charge is 2.27. The van der Waals surface area contributed by atoms with Gasteiger partial charge in [-0.05, 0) is 42.3 Å². The first-order valence-corrected chi connectivity index (χ1v) is 9.33. The van der Waals surface area contributed by atoms with Gasteiger partial charge in [0.2, 0.25) is 0 Å². The Labute approximate surface area is 163 Å². The molecule has 1 heterocycles. The van der Waals surface area contributed by atoms with Crippen LogP contribution < -0.4 is 4.74 Å². The molecule has 0 saturated carbocycles. The molecule has 1 saturated heterocycles. The van der Waals surface area contributed by atoms with Gasteiger partial charge in [0.25, 0.3) is 0 Å². The summed E-state index contributed by atoms with van der Waals surface area (Å²) < 4.78 is 46.0. The van der Waals surface area contributed by atoms with E-state index in [1.807, 2.05) is 0 Å². The Balaban J connectivity index is 1.67. The van der Waals surface area contributed by atoms with Gasteiger partial charge < -0.3 is 9.84 Å². The topological polar surface area (TPSA) is 35.9 Å². The van der Waals surface area contributed by atoms with Crippen LogP contribution >= 0.6 is 0 Å². The van der Waals surface area contributed by atoms with Gasteiger partial charge in [-0.1, -0.05) is 6.07 Å². The van der Waals surface area contributed by atoms with Crippen molar-refractivity contribution in [3.63, 3.8) is 0 Å². The first kappa shape index (κ1) is 20.6. The van der Waals surface area contributed by atoms with Crippen LogP contribution in [0, 0.1) is 17.5 Å². The molecule has 0 aromatic heterocycles. The fourth-order valence-corrected chi connectivity index (χ4v) is 3.64. The Bertz CT molecular complexity index is 803. The van der Waals surface area contributed by atoms with Crippen molar-refractivity contribution >= 4 is 0 Å². The molecule has 1 aliphatic heterocycles. The number of hydrogen-bond donors (Lipinski definition) is 1. The Morgan fingerprint density at radius 3 is 2.50 bits per heavy atom. The van der Waals surface area contributed by atoms with Gasteiger partial charge in [-0.15, -0.1) is 0 Å². The van der Waals surface area contributed by atoms with E-state index >= 15 is 0 Å². The molecule has 0 aliphatic carbocycles. The summed E-state index contributed by atoms with van der Waals surface area (Å²) in [6.07, 6.45) is 0.556. The molecule has 152 valence electrons. The minimum absolute atomic E-state index is 0.0281. The maximum Gasteiger partial charge on any atom is 0.159 e. The van der Waals surface area contributed by atoms with Crippen LogP contribution in [0.25, 0.3) is 0 Å². The average molecular weight is 394 g/mol. The predicted octanol–water partition coefficient (Wildman–Crippen LogP) is 3.18. The third-order valence-electron chi connectivity index (χ3n) is 5.17. The number of aliphatic hydroxyl groups excluding tert-OH is 1. The standard InChI is InChI=1S/C21H25F3N2O2/c1-28-18-3-5-19(22)16(11-18)13-25-7-8-26(17(14-25)6-9-27)12-15-2-4-20(23)21(24)10-15/h2-5,10-11,17,27H,6-9,12-14H2,1H3/t17-/m1/s1. The van der Waals surface area contributed by atoms with E-state index in [2.05, 4.69) is 9.80 Å². The zero-order valence-corrected chi connectivity index (χ0v) is 15.9. The molecule has 28 heavy (non-hydrogen) atoms. The largest absolute Gasteiger partial charge is 0.497 e. The monoisotopic (exact) mass is 394 g/mol. The summed E-state index contributed by atoms with van der Waals surface area (Å²) in [5, 5.41) is 9.44. The minimum Gasteiger partial charge on any atom is -0.497 e. The number of aliphatic hydroxyl groups is 1. The van der Waals surface area contributed by atoms with Crippen LogP contribution in [0.1, 0.15) is 17.5 Å². The fraction of sp³-hybridized carbons (Fsp3) is 0.429. The summed E-state index contributed by atoms with van der Waals surface area (Å²) >= 11 is 0. The summed E-state index contributed by atoms with van der Waals surface area (Å²) in [5.41, 5.74) is 1.25. The maximum absolute atomic E-state index is 14.1. The van der Waals surface area contributed by atoms with E-state index in [0.29, 0.717) is 56.0 Å². The summed E-state index contributed by atoms with van der Waals surface area (Å²) in [6.45, 7) is 3.01. The van der Waals surface area contributed by atoms with Gasteiger partial charge in [0.05, 0.1) is 7.11 Å². The first-order valence-electron chi connectivity index (χ1n) is 9.33. The van der Waals surface area contributed by atoms with Crippen LogP contribution in [0.2, 0.25) is 0 Å². The normalized spacial score (nSPS) is 18.4. The number of ether oxygens (including phenoxy) is 1. The van der Waals surface area contributed by atoms with Crippen molar-refractivity contribution in [2.24, 2.45) is 0 Å². The number of benzene rings is 2. The molecule has 0 radical (unpaired) electrons. The van der Waals surface area contributed by atoms with Gasteiger partial charge in [-0.3, -0.25) is 9.80 Å². The summed E-state index contributed by atoms with van der Waals surface area (Å²) in [5.74, 6) is -1.38. The van der Waals surface area contributed by atoms with Crippen molar-refractivity contribution in [3.8, 4) is 5.75 Å². The fourth-order valence-electron chi connectivity index (χ4n) is 3.64.